The maximum absolute atomic E-state index is 12.9. The van der Waals surface area contributed by atoms with Gasteiger partial charge in [-0.2, -0.15) is 10.1 Å². The highest BCUT2D eigenvalue weighted by atomic mass is 19.1. The standard InChI is InChI=1S/C15H13FN6/c16-11-4-6-12(7-5-11)20-15-21-14(10-19-22-15)18-9-13-3-1-2-8-17-13/h1-8,10H,9H2,(H2,18,20,21,22). The van der Waals surface area contributed by atoms with Crippen molar-refractivity contribution in [1.82, 2.24) is 20.2 Å². The van der Waals surface area contributed by atoms with E-state index in [9.17, 15) is 4.39 Å². The first-order valence-electron chi connectivity index (χ1n) is 6.66. The molecule has 0 unspecified atom stereocenters. The third-order valence-corrected chi connectivity index (χ3v) is 2.84. The van der Waals surface area contributed by atoms with E-state index in [0.29, 0.717) is 24.0 Å². The lowest BCUT2D eigenvalue weighted by atomic mass is 10.3. The van der Waals surface area contributed by atoms with Crippen molar-refractivity contribution in [3.8, 4) is 0 Å². The van der Waals surface area contributed by atoms with Crippen molar-refractivity contribution < 1.29 is 4.39 Å². The lowest BCUT2D eigenvalue weighted by molar-refractivity contribution is 0.628. The SMILES string of the molecule is Fc1ccc(Nc2nncc(NCc3ccccn3)n2)cc1. The molecular formula is C15H13FN6. The van der Waals surface area contributed by atoms with Crippen LogP contribution in [0.4, 0.5) is 21.8 Å². The van der Waals surface area contributed by atoms with Crippen LogP contribution in [0.1, 0.15) is 5.69 Å². The Balaban J connectivity index is 1.66. The van der Waals surface area contributed by atoms with Crippen LogP contribution in [0, 0.1) is 5.82 Å². The van der Waals surface area contributed by atoms with Gasteiger partial charge in [0.25, 0.3) is 0 Å². The third kappa shape index (κ3) is 3.72. The lowest BCUT2D eigenvalue weighted by Gasteiger charge is -2.07. The fourth-order valence-electron chi connectivity index (χ4n) is 1.79. The normalized spacial score (nSPS) is 10.2. The molecule has 2 N–H and O–H groups in total. The monoisotopic (exact) mass is 296 g/mol. The molecule has 0 aliphatic rings. The molecule has 2 aromatic heterocycles. The molecular weight excluding hydrogens is 283 g/mol. The van der Waals surface area contributed by atoms with Gasteiger partial charge in [0.05, 0.1) is 18.4 Å². The maximum atomic E-state index is 12.9. The molecule has 0 amide bonds. The van der Waals surface area contributed by atoms with E-state index in [1.165, 1.54) is 18.3 Å². The molecule has 0 bridgehead atoms. The molecule has 7 heteroatoms. The van der Waals surface area contributed by atoms with E-state index in [1.54, 1.807) is 18.3 Å². The highest BCUT2D eigenvalue weighted by Crippen LogP contribution is 2.14. The lowest BCUT2D eigenvalue weighted by Crippen LogP contribution is -2.06. The predicted molar refractivity (Wildman–Crippen MR) is 81.1 cm³/mol. The van der Waals surface area contributed by atoms with Crippen LogP contribution in [0.15, 0.2) is 54.9 Å². The number of anilines is 3. The number of halogens is 1. The molecule has 110 valence electrons. The Kier molecular flexibility index (Phi) is 4.15. The first kappa shape index (κ1) is 13.9. The van der Waals surface area contributed by atoms with Gasteiger partial charge in [0.1, 0.15) is 5.82 Å². The zero-order valence-electron chi connectivity index (χ0n) is 11.6. The fraction of sp³-hybridized carbons (Fsp3) is 0.0667. The number of rotatable bonds is 5. The summed E-state index contributed by atoms with van der Waals surface area (Å²) in [6.07, 6.45) is 3.26. The smallest absolute Gasteiger partial charge is 0.249 e. The van der Waals surface area contributed by atoms with E-state index in [0.717, 1.165) is 5.69 Å². The van der Waals surface area contributed by atoms with Crippen LogP contribution < -0.4 is 10.6 Å². The minimum absolute atomic E-state index is 0.296. The quantitative estimate of drug-likeness (QED) is 0.754. The molecule has 22 heavy (non-hydrogen) atoms. The molecule has 0 saturated heterocycles. The second kappa shape index (κ2) is 6.57. The molecule has 2 heterocycles. The van der Waals surface area contributed by atoms with E-state index in [-0.39, 0.29) is 5.82 Å². The van der Waals surface area contributed by atoms with Crippen LogP contribution in [-0.2, 0) is 6.54 Å². The van der Waals surface area contributed by atoms with Crippen molar-refractivity contribution in [2.45, 2.75) is 6.54 Å². The van der Waals surface area contributed by atoms with Crippen LogP contribution in [0.25, 0.3) is 0 Å². The first-order chi connectivity index (χ1) is 10.8. The summed E-state index contributed by atoms with van der Waals surface area (Å²) in [5, 5.41) is 13.9. The van der Waals surface area contributed by atoms with Gasteiger partial charge in [-0.05, 0) is 36.4 Å². The van der Waals surface area contributed by atoms with Crippen molar-refractivity contribution in [1.29, 1.82) is 0 Å². The third-order valence-electron chi connectivity index (χ3n) is 2.84. The van der Waals surface area contributed by atoms with Gasteiger partial charge in [0, 0.05) is 11.9 Å². The average Bonchev–Trinajstić information content (AvgIpc) is 2.57. The van der Waals surface area contributed by atoms with E-state index in [2.05, 4.69) is 30.8 Å². The fourth-order valence-corrected chi connectivity index (χ4v) is 1.79. The Hall–Kier alpha value is -3.09. The van der Waals surface area contributed by atoms with Crippen LogP contribution in [-0.4, -0.2) is 20.2 Å². The van der Waals surface area contributed by atoms with Crippen molar-refractivity contribution in [2.24, 2.45) is 0 Å². The molecule has 0 aliphatic carbocycles. The molecule has 0 aliphatic heterocycles. The molecule has 0 fully saturated rings. The van der Waals surface area contributed by atoms with Gasteiger partial charge in [-0.15, -0.1) is 5.10 Å². The van der Waals surface area contributed by atoms with Gasteiger partial charge in [0.15, 0.2) is 5.82 Å². The summed E-state index contributed by atoms with van der Waals surface area (Å²) in [6, 6.07) is 11.6. The van der Waals surface area contributed by atoms with Crippen LogP contribution >= 0.6 is 0 Å². The van der Waals surface area contributed by atoms with Gasteiger partial charge in [0.2, 0.25) is 5.95 Å². The van der Waals surface area contributed by atoms with E-state index >= 15 is 0 Å². The summed E-state index contributed by atoms with van der Waals surface area (Å²) in [5.41, 5.74) is 1.58. The molecule has 3 aromatic rings. The van der Waals surface area contributed by atoms with Crippen LogP contribution in [0.5, 0.6) is 0 Å². The van der Waals surface area contributed by atoms with Gasteiger partial charge in [-0.25, -0.2) is 4.39 Å². The number of hydrogen-bond acceptors (Lipinski definition) is 6. The first-order valence-corrected chi connectivity index (χ1v) is 6.66. The molecule has 0 atom stereocenters. The number of hydrogen-bond donors (Lipinski definition) is 2. The summed E-state index contributed by atoms with van der Waals surface area (Å²) in [7, 11) is 0. The highest BCUT2D eigenvalue weighted by molar-refractivity contribution is 5.53. The van der Waals surface area contributed by atoms with Crippen molar-refractivity contribution in [2.75, 3.05) is 10.6 Å². The highest BCUT2D eigenvalue weighted by Gasteiger charge is 2.02. The van der Waals surface area contributed by atoms with Crippen molar-refractivity contribution >= 4 is 17.5 Å². The summed E-state index contributed by atoms with van der Waals surface area (Å²) < 4.78 is 12.9. The van der Waals surface area contributed by atoms with Gasteiger partial charge in [-0.1, -0.05) is 6.07 Å². The van der Waals surface area contributed by atoms with Gasteiger partial charge >= 0.3 is 0 Å². The maximum Gasteiger partial charge on any atom is 0.249 e. The summed E-state index contributed by atoms with van der Waals surface area (Å²) in [4.78, 5) is 8.50. The van der Waals surface area contributed by atoms with Crippen LogP contribution in [0.2, 0.25) is 0 Å². The Morgan fingerprint density at radius 2 is 1.91 bits per heavy atom. The van der Waals surface area contributed by atoms with E-state index in [1.807, 2.05) is 18.2 Å². The summed E-state index contributed by atoms with van der Waals surface area (Å²) >= 11 is 0. The van der Waals surface area contributed by atoms with Crippen LogP contribution in [0.3, 0.4) is 0 Å². The van der Waals surface area contributed by atoms with Gasteiger partial charge in [-0.3, -0.25) is 4.98 Å². The second-order valence-corrected chi connectivity index (χ2v) is 4.47. The minimum Gasteiger partial charge on any atom is -0.363 e. The Morgan fingerprint density at radius 3 is 2.68 bits per heavy atom. The molecule has 0 saturated carbocycles. The second-order valence-electron chi connectivity index (χ2n) is 4.47. The number of nitrogens with one attached hydrogen (secondary N) is 2. The van der Waals surface area contributed by atoms with E-state index < -0.39 is 0 Å². The molecule has 0 spiro atoms. The predicted octanol–water partition coefficient (Wildman–Crippen LogP) is 2.76. The largest absolute Gasteiger partial charge is 0.363 e. The molecule has 3 rings (SSSR count). The molecule has 0 radical (unpaired) electrons. The molecule has 1 aromatic carbocycles. The minimum atomic E-state index is -0.296. The average molecular weight is 296 g/mol. The topological polar surface area (TPSA) is 75.6 Å². The van der Waals surface area contributed by atoms with Gasteiger partial charge < -0.3 is 10.6 Å². The Labute approximate surface area is 126 Å². The number of nitrogens with zero attached hydrogens (tertiary/aromatic N) is 4. The Morgan fingerprint density at radius 1 is 1.05 bits per heavy atom. The number of pyridine rings is 1. The zero-order valence-corrected chi connectivity index (χ0v) is 11.6. The summed E-state index contributed by atoms with van der Waals surface area (Å²) in [6.45, 7) is 0.537. The van der Waals surface area contributed by atoms with E-state index in [4.69, 9.17) is 0 Å². The molecule has 6 nitrogen and oxygen atoms in total. The number of benzene rings is 1. The zero-order chi connectivity index (χ0) is 15.2. The van der Waals surface area contributed by atoms with Crippen molar-refractivity contribution in [3.05, 3.63) is 66.4 Å². The number of aromatic nitrogens is 4. The van der Waals surface area contributed by atoms with Crippen molar-refractivity contribution in [3.63, 3.8) is 0 Å². The summed E-state index contributed by atoms with van der Waals surface area (Å²) in [5.74, 6) is 0.610. The Bertz CT molecular complexity index is 733.